The SMILES string of the molecule is COCC(O)CNCCOCC1CC1. The first-order valence-electron chi connectivity index (χ1n) is 5.28. The lowest BCUT2D eigenvalue weighted by molar-refractivity contribution is 0.0617. The van der Waals surface area contributed by atoms with Gasteiger partial charge in [0.1, 0.15) is 0 Å². The van der Waals surface area contributed by atoms with E-state index in [0.29, 0.717) is 13.2 Å². The Hall–Kier alpha value is -0.160. The van der Waals surface area contributed by atoms with Gasteiger partial charge in [0.2, 0.25) is 0 Å². The van der Waals surface area contributed by atoms with Gasteiger partial charge in [-0.15, -0.1) is 0 Å². The van der Waals surface area contributed by atoms with Crippen molar-refractivity contribution in [2.24, 2.45) is 5.92 Å². The summed E-state index contributed by atoms with van der Waals surface area (Å²) in [6.45, 7) is 3.39. The van der Waals surface area contributed by atoms with Crippen molar-refractivity contribution in [2.75, 3.05) is 40.0 Å². The summed E-state index contributed by atoms with van der Waals surface area (Å²) < 4.78 is 10.2. The van der Waals surface area contributed by atoms with Crippen molar-refractivity contribution in [2.45, 2.75) is 18.9 Å². The summed E-state index contributed by atoms with van der Waals surface area (Å²) in [7, 11) is 1.59. The maximum Gasteiger partial charge on any atom is 0.0897 e. The lowest BCUT2D eigenvalue weighted by atomic mass is 10.4. The van der Waals surface area contributed by atoms with Gasteiger partial charge < -0.3 is 19.9 Å². The number of hydrogen-bond acceptors (Lipinski definition) is 4. The summed E-state index contributed by atoms with van der Waals surface area (Å²) in [5.74, 6) is 0.828. The van der Waals surface area contributed by atoms with E-state index in [4.69, 9.17) is 9.47 Å². The molecular weight excluding hydrogens is 182 g/mol. The molecular formula is C10H21NO3. The van der Waals surface area contributed by atoms with Crippen LogP contribution in [0.3, 0.4) is 0 Å². The standard InChI is InChI=1S/C10H21NO3/c1-13-8-10(12)6-11-4-5-14-7-9-2-3-9/h9-12H,2-8H2,1H3. The molecule has 4 nitrogen and oxygen atoms in total. The van der Waals surface area contributed by atoms with Crippen LogP contribution in [0.2, 0.25) is 0 Å². The van der Waals surface area contributed by atoms with Gasteiger partial charge >= 0.3 is 0 Å². The number of rotatable bonds is 9. The zero-order valence-corrected chi connectivity index (χ0v) is 8.87. The van der Waals surface area contributed by atoms with E-state index in [-0.39, 0.29) is 0 Å². The Balaban J connectivity index is 1.74. The van der Waals surface area contributed by atoms with Gasteiger partial charge in [-0.1, -0.05) is 0 Å². The minimum Gasteiger partial charge on any atom is -0.389 e. The summed E-state index contributed by atoms with van der Waals surface area (Å²) in [6, 6.07) is 0. The number of nitrogens with one attached hydrogen (secondary N) is 1. The predicted octanol–water partition coefficient (Wildman–Crippen LogP) is 0.00990. The van der Waals surface area contributed by atoms with E-state index < -0.39 is 6.10 Å². The van der Waals surface area contributed by atoms with Crippen molar-refractivity contribution in [3.63, 3.8) is 0 Å². The number of hydrogen-bond donors (Lipinski definition) is 2. The Morgan fingerprint density at radius 1 is 1.50 bits per heavy atom. The van der Waals surface area contributed by atoms with E-state index in [1.165, 1.54) is 12.8 Å². The highest BCUT2D eigenvalue weighted by molar-refractivity contribution is 4.71. The topological polar surface area (TPSA) is 50.7 Å². The molecule has 0 bridgehead atoms. The van der Waals surface area contributed by atoms with Gasteiger partial charge in [-0.2, -0.15) is 0 Å². The Morgan fingerprint density at radius 2 is 2.29 bits per heavy atom. The fraction of sp³-hybridized carbons (Fsp3) is 1.00. The van der Waals surface area contributed by atoms with E-state index >= 15 is 0 Å². The van der Waals surface area contributed by atoms with Gasteiger partial charge in [0.05, 0.1) is 19.3 Å². The van der Waals surface area contributed by atoms with E-state index in [1.54, 1.807) is 7.11 Å². The predicted molar refractivity (Wildman–Crippen MR) is 54.3 cm³/mol. The lowest BCUT2D eigenvalue weighted by Crippen LogP contribution is -2.32. The molecule has 1 fully saturated rings. The second-order valence-electron chi connectivity index (χ2n) is 3.83. The van der Waals surface area contributed by atoms with Gasteiger partial charge in [0.25, 0.3) is 0 Å². The molecule has 0 aromatic carbocycles. The average molecular weight is 203 g/mol. The fourth-order valence-electron chi connectivity index (χ4n) is 1.20. The minimum atomic E-state index is -0.413. The van der Waals surface area contributed by atoms with Crippen LogP contribution in [0.1, 0.15) is 12.8 Å². The van der Waals surface area contributed by atoms with Gasteiger partial charge in [-0.3, -0.25) is 0 Å². The minimum absolute atomic E-state index is 0.385. The van der Waals surface area contributed by atoms with Crippen molar-refractivity contribution < 1.29 is 14.6 Å². The Bertz CT molecular complexity index is 139. The van der Waals surface area contributed by atoms with Gasteiger partial charge in [0, 0.05) is 26.8 Å². The van der Waals surface area contributed by atoms with Crippen LogP contribution >= 0.6 is 0 Å². The molecule has 14 heavy (non-hydrogen) atoms. The molecule has 0 heterocycles. The van der Waals surface area contributed by atoms with Crippen LogP contribution in [0.4, 0.5) is 0 Å². The average Bonchev–Trinajstić information content (AvgIpc) is 2.95. The second kappa shape index (κ2) is 7.17. The highest BCUT2D eigenvalue weighted by Gasteiger charge is 2.20. The molecule has 0 amide bonds. The molecule has 0 aliphatic heterocycles. The van der Waals surface area contributed by atoms with Crippen molar-refractivity contribution >= 4 is 0 Å². The second-order valence-corrected chi connectivity index (χ2v) is 3.83. The number of ether oxygens (including phenoxy) is 2. The van der Waals surface area contributed by atoms with Crippen molar-refractivity contribution in [3.8, 4) is 0 Å². The van der Waals surface area contributed by atoms with Crippen LogP contribution in [-0.2, 0) is 9.47 Å². The normalized spacial score (nSPS) is 18.4. The van der Waals surface area contributed by atoms with Crippen LogP contribution < -0.4 is 5.32 Å². The lowest BCUT2D eigenvalue weighted by Gasteiger charge is -2.10. The van der Waals surface area contributed by atoms with E-state index in [0.717, 1.165) is 25.7 Å². The molecule has 1 aliphatic carbocycles. The molecule has 1 unspecified atom stereocenters. The molecule has 1 saturated carbocycles. The summed E-state index contributed by atoms with van der Waals surface area (Å²) in [5.41, 5.74) is 0. The van der Waals surface area contributed by atoms with Crippen LogP contribution in [0.5, 0.6) is 0 Å². The summed E-state index contributed by atoms with van der Waals surface area (Å²) in [4.78, 5) is 0. The smallest absolute Gasteiger partial charge is 0.0897 e. The van der Waals surface area contributed by atoms with Crippen molar-refractivity contribution in [3.05, 3.63) is 0 Å². The fourth-order valence-corrected chi connectivity index (χ4v) is 1.20. The molecule has 0 aromatic rings. The van der Waals surface area contributed by atoms with Crippen molar-refractivity contribution in [1.82, 2.24) is 5.32 Å². The molecule has 4 heteroatoms. The highest BCUT2D eigenvalue weighted by Crippen LogP contribution is 2.28. The van der Waals surface area contributed by atoms with Gasteiger partial charge in [-0.25, -0.2) is 0 Å². The molecule has 84 valence electrons. The molecule has 0 spiro atoms. The molecule has 0 radical (unpaired) electrons. The molecule has 1 aliphatic rings. The third-order valence-corrected chi connectivity index (χ3v) is 2.21. The van der Waals surface area contributed by atoms with E-state index in [1.807, 2.05) is 0 Å². The maximum absolute atomic E-state index is 9.28. The molecule has 1 atom stereocenters. The van der Waals surface area contributed by atoms with Gasteiger partial charge in [0.15, 0.2) is 0 Å². The van der Waals surface area contributed by atoms with Crippen LogP contribution in [-0.4, -0.2) is 51.2 Å². The Kier molecular flexibility index (Phi) is 6.10. The first-order valence-corrected chi connectivity index (χ1v) is 5.28. The van der Waals surface area contributed by atoms with Gasteiger partial charge in [-0.05, 0) is 18.8 Å². The first-order chi connectivity index (χ1) is 6.83. The van der Waals surface area contributed by atoms with E-state index in [9.17, 15) is 5.11 Å². The van der Waals surface area contributed by atoms with Crippen LogP contribution in [0.15, 0.2) is 0 Å². The summed E-state index contributed by atoms with van der Waals surface area (Å²) >= 11 is 0. The first kappa shape index (κ1) is 11.9. The number of aliphatic hydroxyl groups is 1. The largest absolute Gasteiger partial charge is 0.389 e. The molecule has 0 aromatic heterocycles. The summed E-state index contributed by atoms with van der Waals surface area (Å²) in [5, 5.41) is 12.4. The maximum atomic E-state index is 9.28. The zero-order chi connectivity index (χ0) is 10.2. The Morgan fingerprint density at radius 3 is 2.93 bits per heavy atom. The highest BCUT2D eigenvalue weighted by atomic mass is 16.5. The van der Waals surface area contributed by atoms with Crippen LogP contribution in [0.25, 0.3) is 0 Å². The number of aliphatic hydroxyl groups excluding tert-OH is 1. The number of methoxy groups -OCH3 is 1. The third-order valence-electron chi connectivity index (χ3n) is 2.21. The molecule has 0 saturated heterocycles. The summed E-state index contributed by atoms with van der Waals surface area (Å²) in [6.07, 6.45) is 2.25. The third kappa shape index (κ3) is 6.32. The molecule has 1 rings (SSSR count). The quantitative estimate of drug-likeness (QED) is 0.518. The van der Waals surface area contributed by atoms with Crippen molar-refractivity contribution in [1.29, 1.82) is 0 Å². The monoisotopic (exact) mass is 203 g/mol. The Labute approximate surface area is 85.6 Å². The van der Waals surface area contributed by atoms with E-state index in [2.05, 4.69) is 5.32 Å². The van der Waals surface area contributed by atoms with Crippen LogP contribution in [0, 0.1) is 5.92 Å². The zero-order valence-electron chi connectivity index (χ0n) is 8.87. The molecule has 2 N–H and O–H groups in total.